The van der Waals surface area contributed by atoms with Crippen LogP contribution in [-0.4, -0.2) is 12.6 Å². The van der Waals surface area contributed by atoms with Crippen molar-refractivity contribution in [1.29, 1.82) is 0 Å². The van der Waals surface area contributed by atoms with Crippen LogP contribution in [0.4, 0.5) is 0 Å². The highest BCUT2D eigenvalue weighted by Crippen LogP contribution is 2.03. The normalized spacial score (nSPS) is 12.3. The molecule has 3 nitrogen and oxygen atoms in total. The second kappa shape index (κ2) is 4.77. The number of ether oxygens (including phenoxy) is 1. The van der Waals surface area contributed by atoms with E-state index in [-0.39, 0.29) is 5.97 Å². The number of hydrogen-bond donors (Lipinski definition) is 1. The molecule has 0 spiro atoms. The average molecular weight is 157 g/mol. The summed E-state index contributed by atoms with van der Waals surface area (Å²) in [5, 5.41) is 0. The Morgan fingerprint density at radius 1 is 1.45 bits per heavy atom. The summed E-state index contributed by atoms with van der Waals surface area (Å²) in [7, 11) is 0. The molecule has 0 bridgehead atoms. The monoisotopic (exact) mass is 157 g/mol. The van der Waals surface area contributed by atoms with Gasteiger partial charge in [-0.15, -0.1) is 0 Å². The van der Waals surface area contributed by atoms with Crippen molar-refractivity contribution in [3.63, 3.8) is 0 Å². The highest BCUT2D eigenvalue weighted by atomic mass is 16.5. The van der Waals surface area contributed by atoms with Crippen LogP contribution in [0.5, 0.6) is 0 Å². The molecule has 0 amide bonds. The van der Waals surface area contributed by atoms with E-state index in [4.69, 9.17) is 10.5 Å². The maximum atomic E-state index is 11.0. The van der Waals surface area contributed by atoms with Crippen LogP contribution in [0.1, 0.15) is 27.2 Å². The molecule has 0 rings (SSSR count). The second-order valence-corrected chi connectivity index (χ2v) is 2.22. The topological polar surface area (TPSA) is 52.3 Å². The molecule has 3 heteroatoms. The largest absolute Gasteiger partial charge is 0.463 e. The molecule has 2 N–H and O–H groups in total. The predicted octanol–water partition coefficient (Wildman–Crippen LogP) is 1.19. The maximum Gasteiger partial charge on any atom is 0.335 e. The van der Waals surface area contributed by atoms with E-state index in [2.05, 4.69) is 0 Å². The number of esters is 1. The summed E-state index contributed by atoms with van der Waals surface area (Å²) in [4.78, 5) is 11.0. The Kier molecular flexibility index (Phi) is 4.34. The van der Waals surface area contributed by atoms with Gasteiger partial charge < -0.3 is 10.5 Å². The zero-order valence-electron chi connectivity index (χ0n) is 7.31. The molecule has 0 radical (unpaired) electrons. The second-order valence-electron chi connectivity index (χ2n) is 2.22. The van der Waals surface area contributed by atoms with Crippen LogP contribution in [-0.2, 0) is 9.53 Å². The fraction of sp³-hybridized carbons (Fsp3) is 0.625. The third-order valence-electron chi connectivity index (χ3n) is 1.44. The molecule has 11 heavy (non-hydrogen) atoms. The Morgan fingerprint density at radius 3 is 2.36 bits per heavy atom. The van der Waals surface area contributed by atoms with Gasteiger partial charge in [0.1, 0.15) is 0 Å². The number of hydrogen-bond acceptors (Lipinski definition) is 3. The molecule has 0 aromatic carbocycles. The molecule has 0 aromatic heterocycles. The lowest BCUT2D eigenvalue weighted by molar-refractivity contribution is -0.138. The van der Waals surface area contributed by atoms with E-state index in [1.807, 2.05) is 6.92 Å². The molecule has 64 valence electrons. The Balaban J connectivity index is 4.22. The van der Waals surface area contributed by atoms with Crippen molar-refractivity contribution in [2.45, 2.75) is 27.2 Å². The minimum atomic E-state index is -0.313. The molecule has 0 unspecified atom stereocenters. The van der Waals surface area contributed by atoms with E-state index >= 15 is 0 Å². The van der Waals surface area contributed by atoms with Gasteiger partial charge in [0.2, 0.25) is 0 Å². The van der Waals surface area contributed by atoms with Crippen LogP contribution in [0.2, 0.25) is 0 Å². The maximum absolute atomic E-state index is 11.0. The van der Waals surface area contributed by atoms with E-state index < -0.39 is 0 Å². The zero-order valence-corrected chi connectivity index (χ0v) is 7.31. The number of allylic oxidation sites excluding steroid dienone is 1. The van der Waals surface area contributed by atoms with Crippen molar-refractivity contribution in [3.8, 4) is 0 Å². The van der Waals surface area contributed by atoms with Gasteiger partial charge >= 0.3 is 5.97 Å². The summed E-state index contributed by atoms with van der Waals surface area (Å²) < 4.78 is 4.75. The Labute approximate surface area is 67.2 Å². The molecule has 0 aromatic rings. The quantitative estimate of drug-likeness (QED) is 0.494. The van der Waals surface area contributed by atoms with Gasteiger partial charge in [0.15, 0.2) is 0 Å². The highest BCUT2D eigenvalue weighted by Gasteiger charge is 2.06. The average Bonchev–Trinajstić information content (AvgIpc) is 2.02. The summed E-state index contributed by atoms with van der Waals surface area (Å²) in [6.45, 7) is 5.75. The molecule has 0 aliphatic heterocycles. The van der Waals surface area contributed by atoms with Crippen LogP contribution in [0.15, 0.2) is 11.3 Å². The van der Waals surface area contributed by atoms with E-state index in [1.54, 1.807) is 13.8 Å². The number of carbonyl (C=O) groups excluding carboxylic acids is 1. The molecule has 0 aliphatic rings. The Morgan fingerprint density at radius 2 is 2.00 bits per heavy atom. The molecule has 0 aliphatic carbocycles. The van der Waals surface area contributed by atoms with Crippen molar-refractivity contribution in [3.05, 3.63) is 11.3 Å². The van der Waals surface area contributed by atoms with Crippen molar-refractivity contribution >= 4 is 5.97 Å². The summed E-state index contributed by atoms with van der Waals surface area (Å²) in [6.07, 6.45) is 0.685. The molecular formula is C8H15NO2. The van der Waals surface area contributed by atoms with E-state index in [0.717, 1.165) is 0 Å². The van der Waals surface area contributed by atoms with Gasteiger partial charge in [-0.3, -0.25) is 0 Å². The minimum absolute atomic E-state index is 0.313. The predicted molar refractivity (Wildman–Crippen MR) is 43.8 cm³/mol. The van der Waals surface area contributed by atoms with Crippen LogP contribution < -0.4 is 5.73 Å². The molecular weight excluding hydrogens is 142 g/mol. The van der Waals surface area contributed by atoms with Gasteiger partial charge in [0.05, 0.1) is 12.2 Å². The highest BCUT2D eigenvalue weighted by molar-refractivity contribution is 5.88. The minimum Gasteiger partial charge on any atom is -0.463 e. The first kappa shape index (κ1) is 10.0. The Hall–Kier alpha value is -0.990. The van der Waals surface area contributed by atoms with E-state index in [0.29, 0.717) is 24.3 Å². The fourth-order valence-corrected chi connectivity index (χ4v) is 0.636. The molecule has 0 heterocycles. The van der Waals surface area contributed by atoms with Gasteiger partial charge in [0, 0.05) is 5.70 Å². The lowest BCUT2D eigenvalue weighted by atomic mass is 10.2. The van der Waals surface area contributed by atoms with Crippen LogP contribution >= 0.6 is 0 Å². The first-order chi connectivity index (χ1) is 5.13. The van der Waals surface area contributed by atoms with Gasteiger partial charge in [-0.2, -0.15) is 0 Å². The summed E-state index contributed by atoms with van der Waals surface area (Å²) in [5.74, 6) is -0.313. The van der Waals surface area contributed by atoms with Crippen LogP contribution in [0.3, 0.4) is 0 Å². The zero-order chi connectivity index (χ0) is 8.85. The third-order valence-corrected chi connectivity index (χ3v) is 1.44. The summed E-state index contributed by atoms with van der Waals surface area (Å²) in [5.41, 5.74) is 6.65. The van der Waals surface area contributed by atoms with Crippen molar-refractivity contribution in [1.82, 2.24) is 0 Å². The first-order valence-electron chi connectivity index (χ1n) is 3.75. The lowest BCUT2D eigenvalue weighted by Crippen LogP contribution is -2.11. The first-order valence-corrected chi connectivity index (χ1v) is 3.75. The number of rotatable bonds is 3. The van der Waals surface area contributed by atoms with E-state index in [9.17, 15) is 4.79 Å². The summed E-state index contributed by atoms with van der Waals surface area (Å²) in [6, 6.07) is 0. The van der Waals surface area contributed by atoms with Crippen molar-refractivity contribution in [2.24, 2.45) is 5.73 Å². The van der Waals surface area contributed by atoms with Crippen molar-refractivity contribution < 1.29 is 9.53 Å². The third kappa shape index (κ3) is 3.07. The molecule has 0 fully saturated rings. The molecule has 0 atom stereocenters. The van der Waals surface area contributed by atoms with E-state index in [1.165, 1.54) is 0 Å². The SMILES string of the molecule is CCOC(=O)C(C)=C(N)CC. The van der Waals surface area contributed by atoms with Crippen LogP contribution in [0, 0.1) is 0 Å². The number of nitrogens with two attached hydrogens (primary N) is 1. The number of carbonyl (C=O) groups is 1. The standard InChI is InChI=1S/C8H15NO2/c1-4-7(9)6(3)8(10)11-5-2/h4-5,9H2,1-3H3. The fourth-order valence-electron chi connectivity index (χ4n) is 0.636. The van der Waals surface area contributed by atoms with Crippen LogP contribution in [0.25, 0.3) is 0 Å². The molecule has 0 saturated carbocycles. The van der Waals surface area contributed by atoms with Gasteiger partial charge in [-0.05, 0) is 20.3 Å². The van der Waals surface area contributed by atoms with Gasteiger partial charge in [-0.25, -0.2) is 4.79 Å². The van der Waals surface area contributed by atoms with Crippen molar-refractivity contribution in [2.75, 3.05) is 6.61 Å². The molecule has 0 saturated heterocycles. The summed E-state index contributed by atoms with van der Waals surface area (Å²) >= 11 is 0. The lowest BCUT2D eigenvalue weighted by Gasteiger charge is -2.04. The Bertz CT molecular complexity index is 173. The van der Waals surface area contributed by atoms with Gasteiger partial charge in [0.25, 0.3) is 0 Å². The van der Waals surface area contributed by atoms with Gasteiger partial charge in [-0.1, -0.05) is 6.92 Å². The smallest absolute Gasteiger partial charge is 0.335 e.